The van der Waals surface area contributed by atoms with E-state index in [1.165, 1.54) is 11.3 Å². The third-order valence-corrected chi connectivity index (χ3v) is 3.97. The Labute approximate surface area is 107 Å². The number of anilines is 1. The standard InChI is InChI=1S/C12H10N2O3S/c13-11-4-8-7(5-14-11)6-3-10(12(15)16)18-9(6)1-2-17-8/h3-5H,1-2H2,(H2,13,14)(H,15,16). The molecule has 2 aromatic rings. The Morgan fingerprint density at radius 1 is 1.44 bits per heavy atom. The summed E-state index contributed by atoms with van der Waals surface area (Å²) >= 11 is 1.29. The lowest BCUT2D eigenvalue weighted by atomic mass is 10.1. The molecule has 3 N–H and O–H groups in total. The number of nitrogen functional groups attached to an aromatic ring is 1. The highest BCUT2D eigenvalue weighted by Gasteiger charge is 2.21. The van der Waals surface area contributed by atoms with Crippen LogP contribution in [0.4, 0.5) is 5.82 Å². The quantitative estimate of drug-likeness (QED) is 0.821. The minimum Gasteiger partial charge on any atom is -0.492 e. The number of aromatic nitrogens is 1. The van der Waals surface area contributed by atoms with Gasteiger partial charge in [-0.25, -0.2) is 9.78 Å². The molecule has 0 radical (unpaired) electrons. The van der Waals surface area contributed by atoms with Crippen LogP contribution in [0.1, 0.15) is 14.5 Å². The summed E-state index contributed by atoms with van der Waals surface area (Å²) in [6.07, 6.45) is 2.33. The lowest BCUT2D eigenvalue weighted by molar-refractivity contribution is 0.0702. The van der Waals surface area contributed by atoms with E-state index in [0.717, 1.165) is 16.0 Å². The van der Waals surface area contributed by atoms with Crippen molar-refractivity contribution in [3.63, 3.8) is 0 Å². The van der Waals surface area contributed by atoms with E-state index < -0.39 is 5.97 Å². The number of thiophene rings is 1. The van der Waals surface area contributed by atoms with Crippen molar-refractivity contribution in [2.45, 2.75) is 6.42 Å². The highest BCUT2D eigenvalue weighted by molar-refractivity contribution is 7.14. The molecule has 0 fully saturated rings. The molecular weight excluding hydrogens is 252 g/mol. The zero-order valence-corrected chi connectivity index (χ0v) is 10.2. The summed E-state index contributed by atoms with van der Waals surface area (Å²) in [7, 11) is 0. The molecule has 2 aromatic heterocycles. The molecule has 1 aliphatic rings. The molecule has 6 heteroatoms. The molecule has 92 valence electrons. The number of pyridine rings is 1. The van der Waals surface area contributed by atoms with Crippen LogP contribution in [0.2, 0.25) is 0 Å². The molecule has 3 heterocycles. The van der Waals surface area contributed by atoms with E-state index in [4.69, 9.17) is 15.6 Å². The second-order valence-electron chi connectivity index (χ2n) is 3.96. The van der Waals surface area contributed by atoms with Crippen LogP contribution in [-0.2, 0) is 6.42 Å². The van der Waals surface area contributed by atoms with Gasteiger partial charge in [-0.15, -0.1) is 11.3 Å². The highest BCUT2D eigenvalue weighted by atomic mass is 32.1. The Morgan fingerprint density at radius 2 is 2.28 bits per heavy atom. The summed E-state index contributed by atoms with van der Waals surface area (Å²) in [6, 6.07) is 3.34. The van der Waals surface area contributed by atoms with Gasteiger partial charge >= 0.3 is 5.97 Å². The molecule has 0 bridgehead atoms. The van der Waals surface area contributed by atoms with E-state index in [9.17, 15) is 4.79 Å². The monoisotopic (exact) mass is 262 g/mol. The van der Waals surface area contributed by atoms with Crippen LogP contribution in [0.25, 0.3) is 11.1 Å². The van der Waals surface area contributed by atoms with Crippen LogP contribution in [-0.4, -0.2) is 22.7 Å². The number of nitrogens with zero attached hydrogens (tertiary/aromatic N) is 1. The van der Waals surface area contributed by atoms with Crippen molar-refractivity contribution >= 4 is 23.1 Å². The highest BCUT2D eigenvalue weighted by Crippen LogP contribution is 2.39. The number of fused-ring (bicyclic) bond motifs is 3. The van der Waals surface area contributed by atoms with Gasteiger partial charge in [0, 0.05) is 34.7 Å². The van der Waals surface area contributed by atoms with Gasteiger partial charge in [-0.2, -0.15) is 0 Å². The number of ether oxygens (including phenoxy) is 1. The Morgan fingerprint density at radius 3 is 3.06 bits per heavy atom. The van der Waals surface area contributed by atoms with Gasteiger partial charge < -0.3 is 15.6 Å². The van der Waals surface area contributed by atoms with Gasteiger partial charge in [-0.05, 0) is 6.07 Å². The molecule has 0 aromatic carbocycles. The number of hydrogen-bond donors (Lipinski definition) is 2. The maximum atomic E-state index is 11.0. The van der Waals surface area contributed by atoms with Crippen LogP contribution >= 0.6 is 11.3 Å². The molecule has 1 aliphatic heterocycles. The van der Waals surface area contributed by atoms with Gasteiger partial charge in [0.2, 0.25) is 0 Å². The van der Waals surface area contributed by atoms with E-state index in [2.05, 4.69) is 4.98 Å². The molecule has 18 heavy (non-hydrogen) atoms. The minimum atomic E-state index is -0.904. The fourth-order valence-electron chi connectivity index (χ4n) is 1.98. The Bertz CT molecular complexity index is 636. The molecule has 3 rings (SSSR count). The second kappa shape index (κ2) is 3.99. The summed E-state index contributed by atoms with van der Waals surface area (Å²) in [6.45, 7) is 0.517. The van der Waals surface area contributed by atoms with Gasteiger partial charge in [0.15, 0.2) is 0 Å². The maximum absolute atomic E-state index is 11.0. The number of carboxylic acid groups (broad SMARTS) is 1. The smallest absolute Gasteiger partial charge is 0.345 e. The summed E-state index contributed by atoms with van der Waals surface area (Å²) < 4.78 is 5.61. The van der Waals surface area contributed by atoms with Crippen LogP contribution in [0.3, 0.4) is 0 Å². The first-order chi connectivity index (χ1) is 8.65. The van der Waals surface area contributed by atoms with Crippen molar-refractivity contribution < 1.29 is 14.6 Å². The fourth-order valence-corrected chi connectivity index (χ4v) is 2.97. The third-order valence-electron chi connectivity index (χ3n) is 2.78. The predicted octanol–water partition coefficient (Wildman–Crippen LogP) is 2.03. The first kappa shape index (κ1) is 11.0. The largest absolute Gasteiger partial charge is 0.492 e. The topological polar surface area (TPSA) is 85.4 Å². The molecule has 5 nitrogen and oxygen atoms in total. The van der Waals surface area contributed by atoms with Crippen LogP contribution in [0.5, 0.6) is 5.75 Å². The summed E-state index contributed by atoms with van der Waals surface area (Å²) in [4.78, 5) is 16.4. The van der Waals surface area contributed by atoms with Crippen molar-refractivity contribution in [2.75, 3.05) is 12.3 Å². The lowest BCUT2D eigenvalue weighted by Gasteiger charge is -2.06. The number of nitrogens with two attached hydrogens (primary N) is 1. The number of aromatic carboxylic acids is 1. The SMILES string of the molecule is Nc1cc2c(cn1)-c1cc(C(=O)O)sc1CCO2. The maximum Gasteiger partial charge on any atom is 0.345 e. The number of hydrogen-bond acceptors (Lipinski definition) is 5. The zero-order valence-electron chi connectivity index (χ0n) is 9.34. The lowest BCUT2D eigenvalue weighted by Crippen LogP contribution is -1.99. The summed E-state index contributed by atoms with van der Waals surface area (Å²) in [5, 5.41) is 9.04. The van der Waals surface area contributed by atoms with E-state index in [0.29, 0.717) is 29.5 Å². The van der Waals surface area contributed by atoms with Crippen molar-refractivity contribution in [3.8, 4) is 16.9 Å². The third kappa shape index (κ3) is 1.70. The van der Waals surface area contributed by atoms with Gasteiger partial charge in [0.05, 0.1) is 6.61 Å². The van der Waals surface area contributed by atoms with Crippen molar-refractivity contribution in [3.05, 3.63) is 28.1 Å². The van der Waals surface area contributed by atoms with E-state index in [1.807, 2.05) is 0 Å². The first-order valence-corrected chi connectivity index (χ1v) is 6.21. The van der Waals surface area contributed by atoms with Crippen LogP contribution < -0.4 is 10.5 Å². The zero-order chi connectivity index (χ0) is 12.7. The molecule has 0 amide bonds. The van der Waals surface area contributed by atoms with Gasteiger partial charge in [0.25, 0.3) is 0 Å². The molecule has 0 atom stereocenters. The molecule has 0 saturated carbocycles. The van der Waals surface area contributed by atoms with Crippen LogP contribution in [0.15, 0.2) is 18.3 Å². The Hall–Kier alpha value is -2.08. The average Bonchev–Trinajstić information content (AvgIpc) is 2.67. The molecule has 0 aliphatic carbocycles. The fraction of sp³-hybridized carbons (Fsp3) is 0.167. The second-order valence-corrected chi connectivity index (χ2v) is 5.09. The van der Waals surface area contributed by atoms with Gasteiger partial charge in [-0.1, -0.05) is 0 Å². The van der Waals surface area contributed by atoms with E-state index in [-0.39, 0.29) is 0 Å². The van der Waals surface area contributed by atoms with Gasteiger partial charge in [-0.3, -0.25) is 0 Å². The summed E-state index contributed by atoms with van der Waals surface area (Å²) in [5.41, 5.74) is 7.32. The molecule has 0 unspecified atom stereocenters. The van der Waals surface area contributed by atoms with E-state index >= 15 is 0 Å². The normalized spacial score (nSPS) is 13.1. The van der Waals surface area contributed by atoms with Gasteiger partial charge in [0.1, 0.15) is 16.4 Å². The van der Waals surface area contributed by atoms with Crippen molar-refractivity contribution in [1.29, 1.82) is 0 Å². The number of carbonyl (C=O) groups is 1. The van der Waals surface area contributed by atoms with Crippen molar-refractivity contribution in [2.24, 2.45) is 0 Å². The summed E-state index contributed by atoms with van der Waals surface area (Å²) in [5.74, 6) is 0.154. The molecule has 0 saturated heterocycles. The predicted molar refractivity (Wildman–Crippen MR) is 68.1 cm³/mol. The Balaban J connectivity index is 2.20. The average molecular weight is 262 g/mol. The first-order valence-electron chi connectivity index (χ1n) is 5.40. The van der Waals surface area contributed by atoms with E-state index in [1.54, 1.807) is 18.3 Å². The number of rotatable bonds is 1. The molecular formula is C12H10N2O3S. The molecule has 0 spiro atoms. The van der Waals surface area contributed by atoms with Crippen molar-refractivity contribution in [1.82, 2.24) is 4.98 Å². The Kier molecular flexibility index (Phi) is 2.45. The number of carboxylic acids is 1. The van der Waals surface area contributed by atoms with Crippen LogP contribution in [0, 0.1) is 0 Å². The minimum absolute atomic E-state index is 0.338.